The SMILES string of the molecule is CCCCOc1c(Cl)cc(C(=O)Nc2ccccc2S(=O)(=O)N(C)C)cc1OCC. The highest BCUT2D eigenvalue weighted by atomic mass is 35.5. The lowest BCUT2D eigenvalue weighted by Crippen LogP contribution is -2.24. The molecule has 2 aromatic carbocycles. The average molecular weight is 455 g/mol. The van der Waals surface area contributed by atoms with E-state index in [9.17, 15) is 13.2 Å². The normalized spacial score (nSPS) is 11.4. The molecule has 0 saturated carbocycles. The first-order valence-electron chi connectivity index (χ1n) is 9.64. The Kier molecular flexibility index (Phi) is 8.52. The number of benzene rings is 2. The Hall–Kier alpha value is -2.29. The molecule has 0 aliphatic carbocycles. The van der Waals surface area contributed by atoms with E-state index in [2.05, 4.69) is 12.2 Å². The third-order valence-electron chi connectivity index (χ3n) is 4.21. The minimum Gasteiger partial charge on any atom is -0.490 e. The van der Waals surface area contributed by atoms with E-state index in [-0.39, 0.29) is 21.2 Å². The van der Waals surface area contributed by atoms with Crippen molar-refractivity contribution in [3.05, 3.63) is 47.0 Å². The lowest BCUT2D eigenvalue weighted by molar-refractivity contribution is 0.102. The zero-order chi connectivity index (χ0) is 22.3. The molecule has 7 nitrogen and oxygen atoms in total. The fourth-order valence-electron chi connectivity index (χ4n) is 2.61. The Labute approximate surface area is 183 Å². The Bertz CT molecular complexity index is 993. The van der Waals surface area contributed by atoms with Crippen LogP contribution in [0.4, 0.5) is 5.69 Å². The number of halogens is 1. The molecule has 0 atom stereocenters. The fraction of sp³-hybridized carbons (Fsp3) is 0.381. The van der Waals surface area contributed by atoms with Crippen LogP contribution in [0.2, 0.25) is 5.02 Å². The summed E-state index contributed by atoms with van der Waals surface area (Å²) in [6.45, 7) is 4.72. The van der Waals surface area contributed by atoms with Gasteiger partial charge in [0.2, 0.25) is 10.0 Å². The van der Waals surface area contributed by atoms with Crippen LogP contribution in [0.5, 0.6) is 11.5 Å². The van der Waals surface area contributed by atoms with Crippen molar-refractivity contribution in [3.63, 3.8) is 0 Å². The number of nitrogens with zero attached hydrogens (tertiary/aromatic N) is 1. The van der Waals surface area contributed by atoms with Gasteiger partial charge in [-0.05, 0) is 37.6 Å². The van der Waals surface area contributed by atoms with Crippen molar-refractivity contribution in [2.24, 2.45) is 0 Å². The van der Waals surface area contributed by atoms with Gasteiger partial charge >= 0.3 is 0 Å². The van der Waals surface area contributed by atoms with Crippen LogP contribution in [0.3, 0.4) is 0 Å². The van der Waals surface area contributed by atoms with Crippen LogP contribution in [-0.4, -0.2) is 45.9 Å². The molecule has 0 bridgehead atoms. The van der Waals surface area contributed by atoms with Gasteiger partial charge < -0.3 is 14.8 Å². The maximum Gasteiger partial charge on any atom is 0.255 e. The van der Waals surface area contributed by atoms with Crippen LogP contribution in [0.25, 0.3) is 0 Å². The first-order valence-corrected chi connectivity index (χ1v) is 11.5. The minimum absolute atomic E-state index is 0.000928. The predicted octanol–water partition coefficient (Wildman–Crippen LogP) is 4.42. The van der Waals surface area contributed by atoms with Gasteiger partial charge in [0.1, 0.15) is 4.90 Å². The van der Waals surface area contributed by atoms with Gasteiger partial charge in [0.15, 0.2) is 11.5 Å². The molecule has 0 radical (unpaired) electrons. The highest BCUT2D eigenvalue weighted by Gasteiger charge is 2.23. The lowest BCUT2D eigenvalue weighted by atomic mass is 10.1. The zero-order valence-electron chi connectivity index (χ0n) is 17.6. The summed E-state index contributed by atoms with van der Waals surface area (Å²) in [4.78, 5) is 12.9. The van der Waals surface area contributed by atoms with Gasteiger partial charge in [0, 0.05) is 19.7 Å². The molecule has 2 aromatic rings. The summed E-state index contributed by atoms with van der Waals surface area (Å²) in [5.41, 5.74) is 0.400. The maximum atomic E-state index is 12.9. The molecule has 0 spiro atoms. The number of para-hydroxylation sites is 1. The second-order valence-corrected chi connectivity index (χ2v) is 9.19. The Morgan fingerprint density at radius 2 is 1.83 bits per heavy atom. The van der Waals surface area contributed by atoms with Crippen LogP contribution >= 0.6 is 11.6 Å². The fourth-order valence-corrected chi connectivity index (χ4v) is 3.91. The van der Waals surface area contributed by atoms with Crippen LogP contribution in [0, 0.1) is 0 Å². The molecule has 0 aliphatic heterocycles. The summed E-state index contributed by atoms with van der Waals surface area (Å²) < 4.78 is 37.5. The Morgan fingerprint density at radius 3 is 2.47 bits per heavy atom. The highest BCUT2D eigenvalue weighted by molar-refractivity contribution is 7.89. The molecule has 30 heavy (non-hydrogen) atoms. The smallest absolute Gasteiger partial charge is 0.255 e. The van der Waals surface area contributed by atoms with Crippen molar-refractivity contribution >= 4 is 33.2 Å². The largest absolute Gasteiger partial charge is 0.490 e. The van der Waals surface area contributed by atoms with E-state index >= 15 is 0 Å². The third kappa shape index (κ3) is 5.65. The number of carbonyl (C=O) groups excluding carboxylic acids is 1. The summed E-state index contributed by atoms with van der Waals surface area (Å²) in [5, 5.41) is 2.90. The summed E-state index contributed by atoms with van der Waals surface area (Å²) in [5.74, 6) is 0.235. The number of hydrogen-bond donors (Lipinski definition) is 1. The van der Waals surface area contributed by atoms with Crippen LogP contribution in [0.15, 0.2) is 41.3 Å². The van der Waals surface area contributed by atoms with E-state index in [1.165, 1.54) is 38.4 Å². The van der Waals surface area contributed by atoms with E-state index in [4.69, 9.17) is 21.1 Å². The third-order valence-corrected chi connectivity index (χ3v) is 6.36. The number of rotatable bonds is 10. The number of hydrogen-bond acceptors (Lipinski definition) is 5. The van der Waals surface area contributed by atoms with Crippen molar-refractivity contribution in [3.8, 4) is 11.5 Å². The molecule has 0 fully saturated rings. The number of amides is 1. The van der Waals surface area contributed by atoms with E-state index in [0.29, 0.717) is 24.7 Å². The highest BCUT2D eigenvalue weighted by Crippen LogP contribution is 2.37. The second-order valence-electron chi connectivity index (χ2n) is 6.66. The molecule has 9 heteroatoms. The molecule has 1 N–H and O–H groups in total. The number of nitrogens with one attached hydrogen (secondary N) is 1. The molecule has 1 amide bonds. The molecule has 2 rings (SSSR count). The summed E-state index contributed by atoms with van der Waals surface area (Å²) in [7, 11) is -0.872. The van der Waals surface area contributed by atoms with Crippen molar-refractivity contribution in [1.29, 1.82) is 0 Å². The lowest BCUT2D eigenvalue weighted by Gasteiger charge is -2.17. The van der Waals surface area contributed by atoms with Gasteiger partial charge in [-0.3, -0.25) is 4.79 Å². The quantitative estimate of drug-likeness (QED) is 0.537. The van der Waals surface area contributed by atoms with Gasteiger partial charge in [0.05, 0.1) is 23.9 Å². The molecule has 0 unspecified atom stereocenters. The molecular formula is C21H27ClN2O5S. The second kappa shape index (κ2) is 10.7. The van der Waals surface area contributed by atoms with Gasteiger partial charge in [-0.2, -0.15) is 0 Å². The number of carbonyl (C=O) groups is 1. The Balaban J connectivity index is 2.37. The standard InChI is InChI=1S/C21H27ClN2O5S/c1-5-7-12-29-20-16(22)13-15(14-18(20)28-6-2)21(25)23-17-10-8-9-11-19(17)30(26,27)24(3)4/h8-11,13-14H,5-7,12H2,1-4H3,(H,23,25). The number of unbranched alkanes of at least 4 members (excludes halogenated alkanes) is 1. The monoisotopic (exact) mass is 454 g/mol. The molecule has 0 aliphatic rings. The van der Waals surface area contributed by atoms with Crippen LogP contribution in [-0.2, 0) is 10.0 Å². The van der Waals surface area contributed by atoms with Crippen LogP contribution in [0.1, 0.15) is 37.0 Å². The van der Waals surface area contributed by atoms with E-state index < -0.39 is 15.9 Å². The first kappa shape index (κ1) is 24.0. The molecular weight excluding hydrogens is 428 g/mol. The van der Waals surface area contributed by atoms with Crippen molar-refractivity contribution in [2.45, 2.75) is 31.6 Å². The predicted molar refractivity (Wildman–Crippen MR) is 118 cm³/mol. The van der Waals surface area contributed by atoms with Crippen molar-refractivity contribution in [1.82, 2.24) is 4.31 Å². The number of ether oxygens (including phenoxy) is 2. The summed E-state index contributed by atoms with van der Waals surface area (Å²) >= 11 is 6.35. The van der Waals surface area contributed by atoms with Crippen LogP contribution < -0.4 is 14.8 Å². The van der Waals surface area contributed by atoms with Gasteiger partial charge in [-0.15, -0.1) is 0 Å². The first-order chi connectivity index (χ1) is 14.2. The summed E-state index contributed by atoms with van der Waals surface area (Å²) in [6.07, 6.45) is 1.83. The van der Waals surface area contributed by atoms with E-state index in [1.807, 2.05) is 6.92 Å². The van der Waals surface area contributed by atoms with Gasteiger partial charge in [-0.1, -0.05) is 37.1 Å². The van der Waals surface area contributed by atoms with Gasteiger partial charge in [0.25, 0.3) is 5.91 Å². The van der Waals surface area contributed by atoms with Gasteiger partial charge in [-0.25, -0.2) is 12.7 Å². The van der Waals surface area contributed by atoms with Crippen molar-refractivity contribution in [2.75, 3.05) is 32.6 Å². The van der Waals surface area contributed by atoms with E-state index in [1.54, 1.807) is 12.1 Å². The molecule has 164 valence electrons. The summed E-state index contributed by atoms with van der Waals surface area (Å²) in [6, 6.07) is 9.22. The zero-order valence-corrected chi connectivity index (χ0v) is 19.1. The topological polar surface area (TPSA) is 84.9 Å². The number of sulfonamides is 1. The number of anilines is 1. The van der Waals surface area contributed by atoms with Crippen molar-refractivity contribution < 1.29 is 22.7 Å². The molecule has 0 saturated heterocycles. The van der Waals surface area contributed by atoms with E-state index in [0.717, 1.165) is 17.1 Å². The molecule has 0 heterocycles. The minimum atomic E-state index is -3.73. The average Bonchev–Trinajstić information content (AvgIpc) is 2.70. The maximum absolute atomic E-state index is 12.9. The molecule has 0 aromatic heterocycles. The Morgan fingerprint density at radius 1 is 1.13 bits per heavy atom.